The van der Waals surface area contributed by atoms with Crippen molar-refractivity contribution in [2.45, 2.75) is 152 Å². The predicted molar refractivity (Wildman–Crippen MR) is 152 cm³/mol. The average molecular weight is 459 g/mol. The van der Waals surface area contributed by atoms with Gasteiger partial charge in [0, 0.05) is 0 Å². The summed E-state index contributed by atoms with van der Waals surface area (Å²) in [6.07, 6.45) is 22.8. The molecule has 0 amide bonds. The Kier molecular flexibility index (Phi) is 13.7. The van der Waals surface area contributed by atoms with Gasteiger partial charge in [-0.15, -0.1) is 6.58 Å². The topological polar surface area (TPSA) is 0 Å². The van der Waals surface area contributed by atoms with Crippen molar-refractivity contribution in [3.63, 3.8) is 0 Å². The van der Waals surface area contributed by atoms with Gasteiger partial charge in [-0.25, -0.2) is 0 Å². The molecule has 0 aromatic carbocycles. The smallest absolute Gasteiger partial charge is 0.00852 e. The van der Waals surface area contributed by atoms with E-state index >= 15 is 0 Å². The van der Waals surface area contributed by atoms with Gasteiger partial charge in [0.1, 0.15) is 0 Å². The van der Waals surface area contributed by atoms with E-state index in [2.05, 4.69) is 47.3 Å². The van der Waals surface area contributed by atoms with Crippen LogP contribution in [0.25, 0.3) is 0 Å². The lowest BCUT2D eigenvalue weighted by Crippen LogP contribution is -2.33. The number of unbranched alkanes of at least 4 members (excludes halogenated alkanes) is 1. The van der Waals surface area contributed by atoms with Crippen molar-refractivity contribution in [2.24, 2.45) is 34.5 Å². The van der Waals surface area contributed by atoms with Gasteiger partial charge in [-0.2, -0.15) is 0 Å². The molecule has 194 valence electrons. The maximum absolute atomic E-state index is 4.23. The summed E-state index contributed by atoms with van der Waals surface area (Å²) in [5.74, 6) is 3.58. The van der Waals surface area contributed by atoms with Crippen LogP contribution in [0.2, 0.25) is 0 Å². The minimum Gasteiger partial charge on any atom is -0.100 e. The number of fused-ring (bicyclic) bond motifs is 5. The normalized spacial score (nSPS) is 35.2. The molecule has 2 saturated carbocycles. The second-order valence-electron chi connectivity index (χ2n) is 12.3. The van der Waals surface area contributed by atoms with E-state index in [0.717, 1.165) is 23.7 Å². The first-order valence-corrected chi connectivity index (χ1v) is 15.1. The first kappa shape index (κ1) is 30.5. The van der Waals surface area contributed by atoms with Crippen LogP contribution in [-0.4, -0.2) is 0 Å². The van der Waals surface area contributed by atoms with E-state index in [1.165, 1.54) is 95.5 Å². The summed E-state index contributed by atoms with van der Waals surface area (Å²) in [4.78, 5) is 0. The SMILES string of the molecule is C=C(C)CC1C/C2=C/CC3(C)CCC(CCCCC3CCCCC(C)C)C2(C)C1.CC.CC. The maximum atomic E-state index is 4.23. The highest BCUT2D eigenvalue weighted by atomic mass is 14.5. The van der Waals surface area contributed by atoms with Crippen LogP contribution >= 0.6 is 0 Å². The molecule has 0 heterocycles. The highest BCUT2D eigenvalue weighted by Gasteiger charge is 2.47. The van der Waals surface area contributed by atoms with Crippen LogP contribution in [-0.2, 0) is 0 Å². The summed E-state index contributed by atoms with van der Waals surface area (Å²) in [6.45, 7) is 24.5. The standard InChI is InChI=1S/C29H50.2C2H6/c1-22(2)11-7-8-12-25-13-9-10-14-26-15-17-28(25,5)18-16-27-20-24(19-23(3)4)21-29(26,27)6;2*1-2/h16,22,24-26H,3,7-15,17-21H2,1-2,4-6H3;2*1-2H3/b27-16-;;. The van der Waals surface area contributed by atoms with E-state index in [1.54, 1.807) is 0 Å². The van der Waals surface area contributed by atoms with Crippen molar-refractivity contribution in [3.05, 3.63) is 23.8 Å². The Labute approximate surface area is 210 Å². The van der Waals surface area contributed by atoms with Crippen molar-refractivity contribution in [1.29, 1.82) is 0 Å². The molecule has 0 aromatic heterocycles. The molecule has 5 atom stereocenters. The van der Waals surface area contributed by atoms with E-state index in [4.69, 9.17) is 0 Å². The zero-order valence-electron chi connectivity index (χ0n) is 24.5. The Morgan fingerprint density at radius 1 is 1.03 bits per heavy atom. The molecular weight excluding hydrogens is 396 g/mol. The van der Waals surface area contributed by atoms with Crippen LogP contribution in [0.4, 0.5) is 0 Å². The van der Waals surface area contributed by atoms with Crippen LogP contribution in [0, 0.1) is 34.5 Å². The fourth-order valence-corrected chi connectivity index (χ4v) is 7.41. The lowest BCUT2D eigenvalue weighted by molar-refractivity contribution is 0.112. The van der Waals surface area contributed by atoms with Crippen LogP contribution in [0.3, 0.4) is 0 Å². The van der Waals surface area contributed by atoms with E-state index in [0.29, 0.717) is 10.8 Å². The Hall–Kier alpha value is -0.520. The second-order valence-corrected chi connectivity index (χ2v) is 12.3. The molecule has 5 unspecified atom stereocenters. The van der Waals surface area contributed by atoms with Gasteiger partial charge < -0.3 is 0 Å². The van der Waals surface area contributed by atoms with E-state index in [9.17, 15) is 0 Å². The zero-order valence-corrected chi connectivity index (χ0v) is 24.5. The Bertz CT molecular complexity index is 581. The molecule has 3 aliphatic rings. The highest BCUT2D eigenvalue weighted by molar-refractivity contribution is 5.24. The minimum absolute atomic E-state index is 0.485. The summed E-state index contributed by atoms with van der Waals surface area (Å²) in [7, 11) is 0. The van der Waals surface area contributed by atoms with Crippen molar-refractivity contribution in [1.82, 2.24) is 0 Å². The van der Waals surface area contributed by atoms with Gasteiger partial charge in [-0.1, -0.05) is 105 Å². The largest absolute Gasteiger partial charge is 0.100 e. The zero-order chi connectivity index (χ0) is 25.1. The molecule has 3 rings (SSSR count). The molecule has 0 saturated heterocycles. The predicted octanol–water partition coefficient (Wildman–Crippen LogP) is 11.6. The second kappa shape index (κ2) is 14.8. The average Bonchev–Trinajstić information content (AvgIpc) is 3.11. The number of allylic oxidation sites excluding steroid dienone is 3. The molecule has 0 heteroatoms. The van der Waals surface area contributed by atoms with Crippen LogP contribution in [0.15, 0.2) is 23.8 Å². The summed E-state index contributed by atoms with van der Waals surface area (Å²) in [6, 6.07) is 0. The van der Waals surface area contributed by atoms with Gasteiger partial charge in [0.2, 0.25) is 0 Å². The third kappa shape index (κ3) is 8.58. The van der Waals surface area contributed by atoms with Gasteiger partial charge in [-0.05, 0) is 99.2 Å². The molecule has 0 nitrogen and oxygen atoms in total. The van der Waals surface area contributed by atoms with E-state index < -0.39 is 0 Å². The van der Waals surface area contributed by atoms with Crippen LogP contribution in [0.1, 0.15) is 152 Å². The summed E-state index contributed by atoms with van der Waals surface area (Å²) >= 11 is 0. The Balaban J connectivity index is 0.00000129. The van der Waals surface area contributed by atoms with Gasteiger partial charge >= 0.3 is 0 Å². The van der Waals surface area contributed by atoms with Crippen molar-refractivity contribution < 1.29 is 0 Å². The third-order valence-corrected chi connectivity index (χ3v) is 9.30. The fraction of sp³-hybridized carbons (Fsp3) is 0.879. The third-order valence-electron chi connectivity index (χ3n) is 9.30. The number of hydrogen-bond donors (Lipinski definition) is 0. The summed E-state index contributed by atoms with van der Waals surface area (Å²) in [5, 5.41) is 0. The minimum atomic E-state index is 0.485. The van der Waals surface area contributed by atoms with Crippen molar-refractivity contribution in [2.75, 3.05) is 0 Å². The monoisotopic (exact) mass is 458 g/mol. The number of rotatable bonds is 7. The summed E-state index contributed by atoms with van der Waals surface area (Å²) in [5.41, 5.74) is 4.26. The lowest BCUT2D eigenvalue weighted by Gasteiger charge is -2.43. The first-order chi connectivity index (χ1) is 15.7. The molecule has 2 fully saturated rings. The van der Waals surface area contributed by atoms with Crippen molar-refractivity contribution >= 4 is 0 Å². The van der Waals surface area contributed by atoms with E-state index in [-0.39, 0.29) is 0 Å². The first-order valence-electron chi connectivity index (χ1n) is 15.1. The van der Waals surface area contributed by atoms with E-state index in [1.807, 2.05) is 33.3 Å². The van der Waals surface area contributed by atoms with Crippen molar-refractivity contribution in [3.8, 4) is 0 Å². The molecule has 0 aliphatic heterocycles. The van der Waals surface area contributed by atoms with Gasteiger partial charge in [0.25, 0.3) is 0 Å². The molecule has 0 aromatic rings. The maximum Gasteiger partial charge on any atom is -0.00852 e. The molecule has 33 heavy (non-hydrogen) atoms. The molecular formula is C33H62. The Morgan fingerprint density at radius 2 is 1.70 bits per heavy atom. The van der Waals surface area contributed by atoms with Crippen LogP contribution in [0.5, 0.6) is 0 Å². The lowest BCUT2D eigenvalue weighted by atomic mass is 9.61. The highest BCUT2D eigenvalue weighted by Crippen LogP contribution is 2.58. The molecule has 2 bridgehead atoms. The number of hydrogen-bond acceptors (Lipinski definition) is 0. The van der Waals surface area contributed by atoms with Gasteiger partial charge in [0.05, 0.1) is 0 Å². The molecule has 0 radical (unpaired) electrons. The van der Waals surface area contributed by atoms with Crippen LogP contribution < -0.4 is 0 Å². The van der Waals surface area contributed by atoms with Gasteiger partial charge in [0.15, 0.2) is 0 Å². The molecule has 0 spiro atoms. The van der Waals surface area contributed by atoms with Gasteiger partial charge in [-0.3, -0.25) is 0 Å². The quantitative estimate of drug-likeness (QED) is 0.263. The Morgan fingerprint density at radius 3 is 2.33 bits per heavy atom. The fourth-order valence-electron chi connectivity index (χ4n) is 7.41. The molecule has 3 aliphatic carbocycles. The molecule has 0 N–H and O–H groups in total. The summed E-state index contributed by atoms with van der Waals surface area (Å²) < 4.78 is 0.